The normalized spacial score (nSPS) is 11.1. The summed E-state index contributed by atoms with van der Waals surface area (Å²) in [5, 5.41) is 0. The molecular formula is C27H48O6S. The lowest BCUT2D eigenvalue weighted by atomic mass is 10.2. The van der Waals surface area contributed by atoms with Crippen molar-refractivity contribution in [3.05, 3.63) is 18.2 Å². The average Bonchev–Trinajstić information content (AvgIpc) is 2.86. The van der Waals surface area contributed by atoms with Gasteiger partial charge in [0.2, 0.25) is 0 Å². The van der Waals surface area contributed by atoms with Crippen LogP contribution in [0.2, 0.25) is 0 Å². The standard InChI is InChI=1S/C27H48O6S/c1-4-6-8-10-14-28-16-18-30-20-22-32-26-13-12-25(34-3)24-27(26)33-23-21-31-19-17-29-15-11-9-7-5-2/h12-13,24H,4-11,14-23H2,1-3H3. The zero-order valence-electron chi connectivity index (χ0n) is 21.8. The number of benzene rings is 1. The molecule has 198 valence electrons. The van der Waals surface area contributed by atoms with E-state index in [1.165, 1.54) is 38.5 Å². The van der Waals surface area contributed by atoms with Crippen molar-refractivity contribution in [1.82, 2.24) is 0 Å². The number of ether oxygens (including phenoxy) is 6. The highest BCUT2D eigenvalue weighted by molar-refractivity contribution is 7.98. The van der Waals surface area contributed by atoms with Crippen molar-refractivity contribution in [2.75, 3.05) is 72.3 Å². The second-order valence-corrected chi connectivity index (χ2v) is 8.96. The number of hydrogen-bond acceptors (Lipinski definition) is 7. The maximum Gasteiger partial charge on any atom is 0.162 e. The average molecular weight is 501 g/mol. The van der Waals surface area contributed by atoms with Gasteiger partial charge in [-0.05, 0) is 37.3 Å². The smallest absolute Gasteiger partial charge is 0.162 e. The molecule has 34 heavy (non-hydrogen) atoms. The molecule has 0 unspecified atom stereocenters. The van der Waals surface area contributed by atoms with Crippen molar-refractivity contribution in [3.8, 4) is 11.5 Å². The van der Waals surface area contributed by atoms with Gasteiger partial charge in [-0.25, -0.2) is 0 Å². The molecular weight excluding hydrogens is 452 g/mol. The maximum atomic E-state index is 5.94. The first-order valence-electron chi connectivity index (χ1n) is 13.1. The molecule has 0 amide bonds. The van der Waals surface area contributed by atoms with Crippen LogP contribution in [-0.2, 0) is 18.9 Å². The lowest BCUT2D eigenvalue weighted by molar-refractivity contribution is 0.0320. The molecule has 0 atom stereocenters. The van der Waals surface area contributed by atoms with E-state index in [1.54, 1.807) is 11.8 Å². The van der Waals surface area contributed by atoms with Crippen LogP contribution < -0.4 is 9.47 Å². The second-order valence-electron chi connectivity index (χ2n) is 8.08. The summed E-state index contributed by atoms with van der Waals surface area (Å²) < 4.78 is 34.3. The van der Waals surface area contributed by atoms with Gasteiger partial charge in [0.05, 0.1) is 39.6 Å². The van der Waals surface area contributed by atoms with E-state index in [0.29, 0.717) is 52.9 Å². The van der Waals surface area contributed by atoms with E-state index in [9.17, 15) is 0 Å². The molecule has 6 nitrogen and oxygen atoms in total. The molecule has 0 N–H and O–H groups in total. The van der Waals surface area contributed by atoms with E-state index in [0.717, 1.165) is 42.4 Å². The molecule has 7 heteroatoms. The van der Waals surface area contributed by atoms with Gasteiger partial charge in [0, 0.05) is 18.1 Å². The molecule has 0 radical (unpaired) electrons. The minimum absolute atomic E-state index is 0.469. The lowest BCUT2D eigenvalue weighted by Crippen LogP contribution is -2.13. The summed E-state index contributed by atoms with van der Waals surface area (Å²) in [4.78, 5) is 1.13. The summed E-state index contributed by atoms with van der Waals surface area (Å²) in [7, 11) is 0. The molecule has 0 saturated heterocycles. The zero-order valence-corrected chi connectivity index (χ0v) is 22.6. The van der Waals surface area contributed by atoms with Gasteiger partial charge in [-0.15, -0.1) is 11.8 Å². The van der Waals surface area contributed by atoms with E-state index in [1.807, 2.05) is 24.5 Å². The van der Waals surface area contributed by atoms with Gasteiger partial charge in [0.1, 0.15) is 13.2 Å². The predicted molar refractivity (Wildman–Crippen MR) is 141 cm³/mol. The summed E-state index contributed by atoms with van der Waals surface area (Å²) in [6, 6.07) is 5.99. The largest absolute Gasteiger partial charge is 0.487 e. The fraction of sp³-hybridized carbons (Fsp3) is 0.778. The molecule has 0 heterocycles. The molecule has 1 aromatic carbocycles. The summed E-state index contributed by atoms with van der Waals surface area (Å²) in [6.07, 6.45) is 11.8. The Morgan fingerprint density at radius 2 is 1.00 bits per heavy atom. The summed E-state index contributed by atoms with van der Waals surface area (Å²) >= 11 is 1.67. The van der Waals surface area contributed by atoms with Crippen LogP contribution in [0.1, 0.15) is 65.2 Å². The summed E-state index contributed by atoms with van der Waals surface area (Å²) in [6.45, 7) is 10.5. The first kappa shape index (κ1) is 31.0. The first-order valence-corrected chi connectivity index (χ1v) is 14.3. The Hall–Kier alpha value is -0.990. The number of unbranched alkanes of at least 4 members (excludes halogenated alkanes) is 6. The number of hydrogen-bond donors (Lipinski definition) is 0. The minimum Gasteiger partial charge on any atom is -0.487 e. The number of thioether (sulfide) groups is 1. The molecule has 0 bridgehead atoms. The molecule has 0 aromatic heterocycles. The van der Waals surface area contributed by atoms with Gasteiger partial charge in [-0.1, -0.05) is 52.4 Å². The highest BCUT2D eigenvalue weighted by atomic mass is 32.2. The Morgan fingerprint density at radius 1 is 0.529 bits per heavy atom. The zero-order chi connectivity index (χ0) is 24.5. The SMILES string of the molecule is CCCCCCOCCOCCOc1ccc(SC)cc1OCCOCCOCCCCCC. The van der Waals surface area contributed by atoms with Crippen molar-refractivity contribution >= 4 is 11.8 Å². The van der Waals surface area contributed by atoms with Crippen molar-refractivity contribution in [3.63, 3.8) is 0 Å². The van der Waals surface area contributed by atoms with Crippen LogP contribution in [0.15, 0.2) is 23.1 Å². The van der Waals surface area contributed by atoms with Crippen molar-refractivity contribution in [2.24, 2.45) is 0 Å². The maximum absolute atomic E-state index is 5.94. The molecule has 1 aromatic rings. The Balaban J connectivity index is 2.14. The number of rotatable bonds is 25. The monoisotopic (exact) mass is 500 g/mol. The van der Waals surface area contributed by atoms with E-state index in [-0.39, 0.29) is 0 Å². The Kier molecular flexibility index (Phi) is 21.7. The minimum atomic E-state index is 0.469. The van der Waals surface area contributed by atoms with E-state index in [2.05, 4.69) is 13.8 Å². The van der Waals surface area contributed by atoms with Gasteiger partial charge in [-0.2, -0.15) is 0 Å². The van der Waals surface area contributed by atoms with E-state index < -0.39 is 0 Å². The van der Waals surface area contributed by atoms with E-state index in [4.69, 9.17) is 28.4 Å². The Bertz CT molecular complexity index is 572. The predicted octanol–water partition coefficient (Wildman–Crippen LogP) is 6.39. The van der Waals surface area contributed by atoms with E-state index >= 15 is 0 Å². The molecule has 1 rings (SSSR count). The molecule has 0 aliphatic rings. The first-order chi connectivity index (χ1) is 16.8. The summed E-state index contributed by atoms with van der Waals surface area (Å²) in [5.41, 5.74) is 0. The quantitative estimate of drug-likeness (QED) is 0.114. The van der Waals surface area contributed by atoms with Crippen molar-refractivity contribution < 1.29 is 28.4 Å². The summed E-state index contributed by atoms with van der Waals surface area (Å²) in [5.74, 6) is 1.46. The van der Waals surface area contributed by atoms with Crippen LogP contribution in [-0.4, -0.2) is 72.3 Å². The van der Waals surface area contributed by atoms with Gasteiger partial charge < -0.3 is 28.4 Å². The topological polar surface area (TPSA) is 55.4 Å². The third-order valence-corrected chi connectivity index (χ3v) is 5.88. The fourth-order valence-electron chi connectivity index (χ4n) is 3.17. The Morgan fingerprint density at radius 3 is 1.50 bits per heavy atom. The lowest BCUT2D eigenvalue weighted by Gasteiger charge is -2.14. The van der Waals surface area contributed by atoms with Gasteiger partial charge in [-0.3, -0.25) is 0 Å². The van der Waals surface area contributed by atoms with Gasteiger partial charge in [0.25, 0.3) is 0 Å². The third-order valence-electron chi connectivity index (χ3n) is 5.15. The fourth-order valence-corrected chi connectivity index (χ4v) is 3.60. The van der Waals surface area contributed by atoms with Gasteiger partial charge >= 0.3 is 0 Å². The van der Waals surface area contributed by atoms with Crippen LogP contribution in [0.4, 0.5) is 0 Å². The molecule has 0 aliphatic heterocycles. The van der Waals surface area contributed by atoms with Crippen LogP contribution in [0.5, 0.6) is 11.5 Å². The third kappa shape index (κ3) is 17.4. The molecule has 0 aliphatic carbocycles. The second kappa shape index (κ2) is 23.7. The Labute approximate surface area is 212 Å². The van der Waals surface area contributed by atoms with Gasteiger partial charge in [0.15, 0.2) is 11.5 Å². The van der Waals surface area contributed by atoms with Crippen molar-refractivity contribution in [2.45, 2.75) is 70.1 Å². The highest BCUT2D eigenvalue weighted by Crippen LogP contribution is 2.31. The van der Waals surface area contributed by atoms with Crippen LogP contribution in [0.25, 0.3) is 0 Å². The van der Waals surface area contributed by atoms with Crippen LogP contribution >= 0.6 is 11.8 Å². The molecule has 0 saturated carbocycles. The van der Waals surface area contributed by atoms with Crippen LogP contribution in [0, 0.1) is 0 Å². The molecule has 0 fully saturated rings. The van der Waals surface area contributed by atoms with Crippen molar-refractivity contribution in [1.29, 1.82) is 0 Å². The molecule has 0 spiro atoms. The highest BCUT2D eigenvalue weighted by Gasteiger charge is 2.07. The van der Waals surface area contributed by atoms with Crippen LogP contribution in [0.3, 0.4) is 0 Å².